The molecule has 0 aliphatic rings. The highest BCUT2D eigenvalue weighted by atomic mass is 16.6. The quantitative estimate of drug-likeness (QED) is 0.226. The zero-order valence-corrected chi connectivity index (χ0v) is 17.5. The van der Waals surface area contributed by atoms with Crippen molar-refractivity contribution in [1.82, 2.24) is 5.32 Å². The van der Waals surface area contributed by atoms with Crippen molar-refractivity contribution in [3.8, 4) is 0 Å². The molecule has 29 heavy (non-hydrogen) atoms. The molecule has 0 atom stereocenters. The molecule has 2 N–H and O–H groups in total. The molecule has 0 saturated heterocycles. The molecular weight excluding hydrogens is 386 g/mol. The number of nitrogens with one attached hydrogen (secondary N) is 1. The molecule has 0 fully saturated rings. The van der Waals surface area contributed by atoms with Gasteiger partial charge in [-0.2, -0.15) is 0 Å². The summed E-state index contributed by atoms with van der Waals surface area (Å²) >= 11 is 0. The van der Waals surface area contributed by atoms with Crippen LogP contribution in [0.5, 0.6) is 0 Å². The van der Waals surface area contributed by atoms with Crippen LogP contribution >= 0.6 is 0 Å². The van der Waals surface area contributed by atoms with Crippen LogP contribution in [0.4, 0.5) is 0 Å². The Labute approximate surface area is 173 Å². The highest BCUT2D eigenvalue weighted by Gasteiger charge is 2.02. The Morgan fingerprint density at radius 1 is 0.655 bits per heavy atom. The number of rotatable bonds is 23. The number of hydrogen-bond donors (Lipinski definition) is 2. The minimum absolute atomic E-state index is 0.284. The molecule has 10 nitrogen and oxygen atoms in total. The van der Waals surface area contributed by atoms with E-state index in [4.69, 9.17) is 28.8 Å². The first-order valence-corrected chi connectivity index (χ1v) is 10.1. The Balaban J connectivity index is 3.10. The summed E-state index contributed by atoms with van der Waals surface area (Å²) in [5, 5.41) is 10.9. The van der Waals surface area contributed by atoms with Crippen molar-refractivity contribution in [3.05, 3.63) is 0 Å². The van der Waals surface area contributed by atoms with Crippen LogP contribution in [-0.2, 0) is 38.0 Å². The van der Waals surface area contributed by atoms with Gasteiger partial charge < -0.3 is 38.8 Å². The van der Waals surface area contributed by atoms with Crippen molar-refractivity contribution >= 4 is 11.9 Å². The number of carboxylic acids is 1. The van der Waals surface area contributed by atoms with E-state index in [0.717, 1.165) is 13.0 Å². The molecule has 0 heterocycles. The molecule has 0 aromatic rings. The fraction of sp³-hybridized carbons (Fsp3) is 0.895. The molecule has 0 aromatic heterocycles. The van der Waals surface area contributed by atoms with Crippen molar-refractivity contribution in [2.75, 3.05) is 85.8 Å². The van der Waals surface area contributed by atoms with Gasteiger partial charge in [-0.05, 0) is 6.42 Å². The lowest BCUT2D eigenvalue weighted by atomic mass is 10.3. The Kier molecular flexibility index (Phi) is 22.0. The van der Waals surface area contributed by atoms with E-state index >= 15 is 0 Å². The van der Waals surface area contributed by atoms with E-state index < -0.39 is 12.6 Å². The highest BCUT2D eigenvalue weighted by molar-refractivity contribution is 5.77. The lowest BCUT2D eigenvalue weighted by Crippen LogP contribution is -2.31. The summed E-state index contributed by atoms with van der Waals surface area (Å²) in [4.78, 5) is 21.5. The van der Waals surface area contributed by atoms with Crippen molar-refractivity contribution in [3.63, 3.8) is 0 Å². The van der Waals surface area contributed by atoms with E-state index in [1.54, 1.807) is 0 Å². The highest BCUT2D eigenvalue weighted by Crippen LogP contribution is 1.93. The second-order valence-corrected chi connectivity index (χ2v) is 6.01. The van der Waals surface area contributed by atoms with Gasteiger partial charge in [-0.3, -0.25) is 4.79 Å². The second kappa shape index (κ2) is 23.0. The van der Waals surface area contributed by atoms with Gasteiger partial charge in [0.1, 0.15) is 13.2 Å². The summed E-state index contributed by atoms with van der Waals surface area (Å²) in [6.07, 6.45) is 3.50. The van der Waals surface area contributed by atoms with E-state index in [9.17, 15) is 9.59 Å². The van der Waals surface area contributed by atoms with Crippen LogP contribution in [-0.4, -0.2) is 103 Å². The predicted octanol–water partition coefficient (Wildman–Crippen LogP) is 0.477. The molecule has 0 radical (unpaired) electrons. The third-order valence-corrected chi connectivity index (χ3v) is 3.41. The van der Waals surface area contributed by atoms with Gasteiger partial charge >= 0.3 is 5.97 Å². The monoisotopic (exact) mass is 423 g/mol. The van der Waals surface area contributed by atoms with Gasteiger partial charge in [0.2, 0.25) is 5.91 Å². The number of ether oxygens (including phenoxy) is 6. The summed E-state index contributed by atoms with van der Waals surface area (Å²) in [6.45, 7) is 6.91. The topological polar surface area (TPSA) is 122 Å². The molecule has 0 spiro atoms. The number of hydrogen-bond acceptors (Lipinski definition) is 8. The standard InChI is InChI=1S/C19H37NO9/c1-2-3-4-6-24-8-10-26-12-14-28-15-13-27-11-9-25-7-5-20-18(21)16-29-17-19(22)23/h2-17H2,1H3,(H,20,21)(H,22,23). The minimum atomic E-state index is -1.11. The van der Waals surface area contributed by atoms with Crippen molar-refractivity contribution < 1.29 is 43.1 Å². The van der Waals surface area contributed by atoms with Gasteiger partial charge in [-0.25, -0.2) is 4.79 Å². The molecule has 172 valence electrons. The van der Waals surface area contributed by atoms with Crippen molar-refractivity contribution in [1.29, 1.82) is 0 Å². The molecule has 0 unspecified atom stereocenters. The van der Waals surface area contributed by atoms with Gasteiger partial charge in [-0.15, -0.1) is 0 Å². The van der Waals surface area contributed by atoms with Gasteiger partial charge in [-0.1, -0.05) is 19.8 Å². The second-order valence-electron chi connectivity index (χ2n) is 6.01. The molecule has 0 rings (SSSR count). The maximum absolute atomic E-state index is 11.3. The van der Waals surface area contributed by atoms with Crippen LogP contribution < -0.4 is 5.32 Å². The van der Waals surface area contributed by atoms with Gasteiger partial charge in [0.15, 0.2) is 0 Å². The first-order chi connectivity index (χ1) is 14.2. The molecule has 0 aliphatic carbocycles. The fourth-order valence-corrected chi connectivity index (χ4v) is 1.98. The first kappa shape index (κ1) is 27.7. The van der Waals surface area contributed by atoms with Crippen LogP contribution in [0.1, 0.15) is 26.2 Å². The Morgan fingerprint density at radius 3 is 1.62 bits per heavy atom. The summed E-state index contributed by atoms with van der Waals surface area (Å²) < 4.78 is 31.5. The maximum atomic E-state index is 11.3. The zero-order valence-electron chi connectivity index (χ0n) is 17.5. The molecule has 0 aromatic carbocycles. The third-order valence-electron chi connectivity index (χ3n) is 3.41. The Hall–Kier alpha value is -1.30. The average molecular weight is 424 g/mol. The number of amides is 1. The molecular formula is C19H37NO9. The largest absolute Gasteiger partial charge is 0.480 e. The maximum Gasteiger partial charge on any atom is 0.329 e. The third kappa shape index (κ3) is 24.7. The predicted molar refractivity (Wildman–Crippen MR) is 105 cm³/mol. The number of carbonyl (C=O) groups is 2. The van der Waals surface area contributed by atoms with E-state index in [2.05, 4.69) is 17.0 Å². The molecule has 10 heteroatoms. The molecule has 0 aliphatic heterocycles. The lowest BCUT2D eigenvalue weighted by Gasteiger charge is -2.08. The number of unbranched alkanes of at least 4 members (excludes halogenated alkanes) is 2. The first-order valence-electron chi connectivity index (χ1n) is 10.1. The molecule has 0 saturated carbocycles. The summed E-state index contributed by atoms with van der Waals surface area (Å²) in [5.74, 6) is -1.50. The lowest BCUT2D eigenvalue weighted by molar-refractivity contribution is -0.143. The SMILES string of the molecule is CCCCCOCCOCCOCCOCCOCCNC(=O)COCC(=O)O. The average Bonchev–Trinajstić information content (AvgIpc) is 2.69. The summed E-state index contributed by atoms with van der Waals surface area (Å²) in [5.41, 5.74) is 0. The summed E-state index contributed by atoms with van der Waals surface area (Å²) in [7, 11) is 0. The molecule has 1 amide bonds. The van der Waals surface area contributed by atoms with E-state index in [-0.39, 0.29) is 12.5 Å². The normalized spacial score (nSPS) is 10.9. The van der Waals surface area contributed by atoms with E-state index in [0.29, 0.717) is 66.0 Å². The van der Waals surface area contributed by atoms with Crippen LogP contribution in [0, 0.1) is 0 Å². The smallest absolute Gasteiger partial charge is 0.329 e. The Morgan fingerprint density at radius 2 is 1.14 bits per heavy atom. The van der Waals surface area contributed by atoms with Gasteiger partial charge in [0.05, 0.1) is 59.5 Å². The molecule has 0 bridgehead atoms. The van der Waals surface area contributed by atoms with Crippen molar-refractivity contribution in [2.45, 2.75) is 26.2 Å². The minimum Gasteiger partial charge on any atom is -0.480 e. The van der Waals surface area contributed by atoms with Gasteiger partial charge in [0, 0.05) is 13.2 Å². The van der Waals surface area contributed by atoms with E-state index in [1.807, 2.05) is 0 Å². The van der Waals surface area contributed by atoms with Crippen LogP contribution in [0.25, 0.3) is 0 Å². The van der Waals surface area contributed by atoms with Crippen molar-refractivity contribution in [2.24, 2.45) is 0 Å². The number of aliphatic carboxylic acids is 1. The van der Waals surface area contributed by atoms with Crippen LogP contribution in [0.3, 0.4) is 0 Å². The van der Waals surface area contributed by atoms with E-state index in [1.165, 1.54) is 12.8 Å². The van der Waals surface area contributed by atoms with Crippen LogP contribution in [0.15, 0.2) is 0 Å². The number of carboxylic acid groups (broad SMARTS) is 1. The van der Waals surface area contributed by atoms with Crippen LogP contribution in [0.2, 0.25) is 0 Å². The van der Waals surface area contributed by atoms with Gasteiger partial charge in [0.25, 0.3) is 0 Å². The summed E-state index contributed by atoms with van der Waals surface area (Å²) in [6, 6.07) is 0. The zero-order chi connectivity index (χ0) is 21.4. The Bertz CT molecular complexity index is 383. The fourth-order valence-electron chi connectivity index (χ4n) is 1.98. The number of carbonyl (C=O) groups excluding carboxylic acids is 1.